The van der Waals surface area contributed by atoms with Crippen molar-refractivity contribution in [2.75, 3.05) is 37.9 Å². The Labute approximate surface area is 236 Å². The van der Waals surface area contributed by atoms with Gasteiger partial charge in [-0.05, 0) is 29.7 Å². The van der Waals surface area contributed by atoms with Crippen LogP contribution in [0.25, 0.3) is 0 Å². The van der Waals surface area contributed by atoms with Crippen molar-refractivity contribution in [3.05, 3.63) is 90.0 Å². The largest absolute Gasteiger partial charge is 0.493 e. The Morgan fingerprint density at radius 2 is 1.48 bits per heavy atom. The molecule has 0 aliphatic rings. The molecule has 0 aliphatic heterocycles. The smallest absolute Gasteiger partial charge is 0.244 e. The summed E-state index contributed by atoms with van der Waals surface area (Å²) in [5.41, 5.74) is 1.93. The van der Waals surface area contributed by atoms with Gasteiger partial charge in [0.05, 0.1) is 26.2 Å². The van der Waals surface area contributed by atoms with Crippen molar-refractivity contribution in [3.8, 4) is 11.5 Å². The van der Waals surface area contributed by atoms with Gasteiger partial charge in [-0.1, -0.05) is 67.6 Å². The normalized spacial score (nSPS) is 11.8. The SMILES string of the molecule is CCCNC(=O)C(Cc1ccccc1)N(Cc1ccccc1)C(=O)CN(c1ccc(OC)c(OC)c1)S(C)(=O)=O. The van der Waals surface area contributed by atoms with Gasteiger partial charge in [-0.3, -0.25) is 13.9 Å². The molecule has 0 spiro atoms. The van der Waals surface area contributed by atoms with E-state index in [4.69, 9.17) is 9.47 Å². The fourth-order valence-electron chi connectivity index (χ4n) is 4.29. The van der Waals surface area contributed by atoms with Gasteiger partial charge in [-0.25, -0.2) is 8.42 Å². The highest BCUT2D eigenvalue weighted by molar-refractivity contribution is 7.92. The van der Waals surface area contributed by atoms with Crippen molar-refractivity contribution in [3.63, 3.8) is 0 Å². The first kappa shape index (κ1) is 30.5. The van der Waals surface area contributed by atoms with Gasteiger partial charge in [0.2, 0.25) is 21.8 Å². The molecule has 0 aliphatic carbocycles. The first-order valence-electron chi connectivity index (χ1n) is 13.0. The lowest BCUT2D eigenvalue weighted by molar-refractivity contribution is -0.140. The first-order valence-corrected chi connectivity index (χ1v) is 14.9. The van der Waals surface area contributed by atoms with Gasteiger partial charge in [0.25, 0.3) is 0 Å². The number of ether oxygens (including phenoxy) is 2. The number of carbonyl (C=O) groups is 2. The topological polar surface area (TPSA) is 105 Å². The lowest BCUT2D eigenvalue weighted by atomic mass is 10.0. The summed E-state index contributed by atoms with van der Waals surface area (Å²) in [6.45, 7) is 2.03. The number of anilines is 1. The molecule has 1 N–H and O–H groups in total. The molecule has 1 unspecified atom stereocenters. The summed E-state index contributed by atoms with van der Waals surface area (Å²) in [5.74, 6) is -0.0703. The average molecular weight is 568 g/mol. The number of amides is 2. The van der Waals surface area contributed by atoms with Crippen LogP contribution >= 0.6 is 0 Å². The predicted molar refractivity (Wildman–Crippen MR) is 156 cm³/mol. The van der Waals surface area contributed by atoms with E-state index in [0.717, 1.165) is 28.1 Å². The first-order chi connectivity index (χ1) is 19.2. The van der Waals surface area contributed by atoms with E-state index in [9.17, 15) is 18.0 Å². The van der Waals surface area contributed by atoms with Crippen LogP contribution in [0.1, 0.15) is 24.5 Å². The van der Waals surface area contributed by atoms with Gasteiger partial charge in [0.15, 0.2) is 11.5 Å². The summed E-state index contributed by atoms with van der Waals surface area (Å²) in [7, 11) is -0.968. The van der Waals surface area contributed by atoms with E-state index in [1.54, 1.807) is 12.1 Å². The van der Waals surface area contributed by atoms with Crippen LogP contribution in [0.2, 0.25) is 0 Å². The summed E-state index contributed by atoms with van der Waals surface area (Å²) in [6, 6.07) is 22.5. The van der Waals surface area contributed by atoms with E-state index in [2.05, 4.69) is 5.32 Å². The predicted octanol–water partition coefficient (Wildman–Crippen LogP) is 3.64. The second-order valence-corrected chi connectivity index (χ2v) is 11.2. The molecule has 2 amide bonds. The maximum Gasteiger partial charge on any atom is 0.244 e. The molecule has 3 rings (SSSR count). The van der Waals surface area contributed by atoms with Crippen LogP contribution in [0.15, 0.2) is 78.9 Å². The fourth-order valence-corrected chi connectivity index (χ4v) is 5.14. The minimum absolute atomic E-state index is 0.125. The van der Waals surface area contributed by atoms with Gasteiger partial charge in [0, 0.05) is 25.6 Å². The van der Waals surface area contributed by atoms with Crippen LogP contribution in [0.4, 0.5) is 5.69 Å². The van der Waals surface area contributed by atoms with Gasteiger partial charge in [0.1, 0.15) is 12.6 Å². The summed E-state index contributed by atoms with van der Waals surface area (Å²) < 4.78 is 37.5. The second-order valence-electron chi connectivity index (χ2n) is 9.31. The number of methoxy groups -OCH3 is 2. The summed E-state index contributed by atoms with van der Waals surface area (Å²) in [5, 5.41) is 2.92. The van der Waals surface area contributed by atoms with Crippen molar-refractivity contribution in [1.82, 2.24) is 10.2 Å². The maximum atomic E-state index is 14.0. The zero-order valence-electron chi connectivity index (χ0n) is 23.4. The monoisotopic (exact) mass is 567 g/mol. The molecule has 0 saturated carbocycles. The minimum Gasteiger partial charge on any atom is -0.493 e. The number of sulfonamides is 1. The molecule has 1 atom stereocenters. The number of hydrogen-bond donors (Lipinski definition) is 1. The van der Waals surface area contributed by atoms with Gasteiger partial charge in [-0.15, -0.1) is 0 Å². The maximum absolute atomic E-state index is 14.0. The van der Waals surface area contributed by atoms with Crippen LogP contribution < -0.4 is 19.1 Å². The highest BCUT2D eigenvalue weighted by Crippen LogP contribution is 2.32. The van der Waals surface area contributed by atoms with E-state index >= 15 is 0 Å². The van der Waals surface area contributed by atoms with Crippen LogP contribution in [-0.4, -0.2) is 64.7 Å². The van der Waals surface area contributed by atoms with Crippen LogP contribution in [0.5, 0.6) is 11.5 Å². The van der Waals surface area contributed by atoms with E-state index in [1.807, 2.05) is 67.6 Å². The third-order valence-corrected chi connectivity index (χ3v) is 7.49. The Balaban J connectivity index is 2.04. The quantitative estimate of drug-likeness (QED) is 0.319. The number of hydrogen-bond acceptors (Lipinski definition) is 6. The molecule has 40 heavy (non-hydrogen) atoms. The van der Waals surface area contributed by atoms with E-state index < -0.39 is 28.5 Å². The Kier molecular flexibility index (Phi) is 11.0. The molecule has 9 nitrogen and oxygen atoms in total. The molecule has 3 aromatic carbocycles. The minimum atomic E-state index is -3.89. The lowest BCUT2D eigenvalue weighted by Gasteiger charge is -2.33. The Hall–Kier alpha value is -4.05. The molecule has 3 aromatic rings. The molecule has 0 aromatic heterocycles. The lowest BCUT2D eigenvalue weighted by Crippen LogP contribution is -2.53. The van der Waals surface area contributed by atoms with Gasteiger partial charge in [-0.2, -0.15) is 0 Å². The Morgan fingerprint density at radius 3 is 2.02 bits per heavy atom. The molecule has 10 heteroatoms. The van der Waals surface area contributed by atoms with Crippen molar-refractivity contribution in [1.29, 1.82) is 0 Å². The summed E-state index contributed by atoms with van der Waals surface area (Å²) >= 11 is 0. The van der Waals surface area contributed by atoms with Crippen molar-refractivity contribution in [2.24, 2.45) is 0 Å². The number of nitrogens with zero attached hydrogens (tertiary/aromatic N) is 2. The Bertz CT molecular complexity index is 1370. The summed E-state index contributed by atoms with van der Waals surface area (Å²) in [4.78, 5) is 29.0. The molecule has 0 saturated heterocycles. The van der Waals surface area contributed by atoms with Crippen LogP contribution in [-0.2, 0) is 32.6 Å². The Morgan fingerprint density at radius 1 is 0.875 bits per heavy atom. The van der Waals surface area contributed by atoms with Gasteiger partial charge < -0.3 is 19.7 Å². The van der Waals surface area contributed by atoms with Crippen molar-refractivity contribution < 1.29 is 27.5 Å². The molecule has 0 heterocycles. The molecular formula is C30H37N3O6S. The average Bonchev–Trinajstić information content (AvgIpc) is 2.96. The highest BCUT2D eigenvalue weighted by Gasteiger charge is 2.33. The third kappa shape index (κ3) is 8.22. The van der Waals surface area contributed by atoms with Crippen molar-refractivity contribution >= 4 is 27.5 Å². The zero-order chi connectivity index (χ0) is 29.1. The standard InChI is InChI=1S/C30H37N3O6S/c1-5-18-31-30(35)26(19-23-12-8-6-9-13-23)32(21-24-14-10-7-11-15-24)29(34)22-33(40(4,36)37)25-16-17-27(38-2)28(20-25)39-3/h6-17,20,26H,5,18-19,21-22H2,1-4H3,(H,31,35). The highest BCUT2D eigenvalue weighted by atomic mass is 32.2. The van der Waals surface area contributed by atoms with Crippen molar-refractivity contribution in [2.45, 2.75) is 32.4 Å². The molecule has 0 radical (unpaired) electrons. The number of nitrogens with one attached hydrogen (secondary N) is 1. The van der Waals surface area contributed by atoms with E-state index in [-0.39, 0.29) is 24.6 Å². The molecule has 0 bridgehead atoms. The molecule has 0 fully saturated rings. The fraction of sp³-hybridized carbons (Fsp3) is 0.333. The molecule has 214 valence electrons. The van der Waals surface area contributed by atoms with E-state index in [0.29, 0.717) is 18.0 Å². The van der Waals surface area contributed by atoms with E-state index in [1.165, 1.54) is 25.2 Å². The second kappa shape index (κ2) is 14.4. The van der Waals surface area contributed by atoms with Gasteiger partial charge >= 0.3 is 0 Å². The zero-order valence-corrected chi connectivity index (χ0v) is 24.2. The van der Waals surface area contributed by atoms with Crippen LogP contribution in [0, 0.1) is 0 Å². The number of carbonyl (C=O) groups excluding carboxylic acids is 2. The number of rotatable bonds is 14. The van der Waals surface area contributed by atoms with Crippen LogP contribution in [0.3, 0.4) is 0 Å². The molecular weight excluding hydrogens is 530 g/mol. The third-order valence-electron chi connectivity index (χ3n) is 6.35. The number of benzene rings is 3. The summed E-state index contributed by atoms with van der Waals surface area (Å²) in [6.07, 6.45) is 2.04.